The van der Waals surface area contributed by atoms with Gasteiger partial charge in [-0.25, -0.2) is 8.42 Å². The van der Waals surface area contributed by atoms with Crippen LogP contribution in [0.2, 0.25) is 0 Å². The molecule has 1 atom stereocenters. The quantitative estimate of drug-likeness (QED) is 0.765. The van der Waals surface area contributed by atoms with Crippen LogP contribution in [-0.4, -0.2) is 31.6 Å². The molecule has 0 aliphatic rings. The lowest BCUT2D eigenvalue weighted by atomic mass is 10.2. The summed E-state index contributed by atoms with van der Waals surface area (Å²) in [6, 6.07) is 4.76. The second-order valence-corrected chi connectivity index (χ2v) is 6.65. The Morgan fingerprint density at radius 1 is 1.29 bits per heavy atom. The number of rotatable bonds is 8. The minimum Gasteiger partial charge on any atom is -0.491 e. The first-order valence-electron chi connectivity index (χ1n) is 6.78. The lowest BCUT2D eigenvalue weighted by Gasteiger charge is -2.14. The molecule has 7 heteroatoms. The van der Waals surface area contributed by atoms with Crippen molar-refractivity contribution >= 4 is 16.0 Å². The highest BCUT2D eigenvalue weighted by molar-refractivity contribution is 7.89. The van der Waals surface area contributed by atoms with Gasteiger partial charge in [0.25, 0.3) is 0 Å². The Balaban J connectivity index is 2.89. The molecule has 0 bridgehead atoms. The van der Waals surface area contributed by atoms with Crippen molar-refractivity contribution in [3.05, 3.63) is 24.3 Å². The first kappa shape index (κ1) is 17.5. The minimum atomic E-state index is -3.86. The van der Waals surface area contributed by atoms with Crippen molar-refractivity contribution < 1.29 is 23.1 Å². The summed E-state index contributed by atoms with van der Waals surface area (Å²) in [7, 11) is -3.86. The van der Waals surface area contributed by atoms with Crippen LogP contribution in [0.1, 0.15) is 33.6 Å². The first-order valence-corrected chi connectivity index (χ1v) is 8.26. The van der Waals surface area contributed by atoms with Gasteiger partial charge in [-0.3, -0.25) is 4.79 Å². The van der Waals surface area contributed by atoms with E-state index in [1.54, 1.807) is 19.1 Å². The van der Waals surface area contributed by atoms with Gasteiger partial charge in [0.2, 0.25) is 10.0 Å². The Hall–Kier alpha value is -1.60. The van der Waals surface area contributed by atoms with Crippen LogP contribution < -0.4 is 9.46 Å². The highest BCUT2D eigenvalue weighted by Gasteiger charge is 2.24. The van der Waals surface area contributed by atoms with E-state index in [0.717, 1.165) is 0 Å². The molecule has 0 fully saturated rings. The maximum absolute atomic E-state index is 12.1. The van der Waals surface area contributed by atoms with E-state index in [2.05, 4.69) is 4.72 Å². The zero-order chi connectivity index (χ0) is 16.0. The molecule has 118 valence electrons. The average Bonchev–Trinajstić information content (AvgIpc) is 2.37. The summed E-state index contributed by atoms with van der Waals surface area (Å²) in [5, 5.41) is 9.01. The molecule has 0 saturated carbocycles. The molecule has 2 N–H and O–H groups in total. The number of carboxylic acid groups (broad SMARTS) is 1. The third kappa shape index (κ3) is 5.35. The Bertz CT molecular complexity index is 566. The minimum absolute atomic E-state index is 0.00785. The summed E-state index contributed by atoms with van der Waals surface area (Å²) in [6.07, 6.45) is 0.801. The smallest absolute Gasteiger partial charge is 0.321 e. The second kappa shape index (κ2) is 7.42. The fraction of sp³-hybridized carbons (Fsp3) is 0.500. The zero-order valence-corrected chi connectivity index (χ0v) is 13.2. The molecule has 1 unspecified atom stereocenters. The number of aliphatic carboxylic acids is 1. The SMILES string of the molecule is CCCC(NS(=O)(=O)c1ccc(OC(C)C)cc1)C(=O)O. The van der Waals surface area contributed by atoms with Crippen LogP contribution in [0.15, 0.2) is 29.2 Å². The molecule has 1 aromatic carbocycles. The molecule has 0 radical (unpaired) electrons. The van der Waals surface area contributed by atoms with Crippen LogP contribution >= 0.6 is 0 Å². The summed E-state index contributed by atoms with van der Waals surface area (Å²) in [5.74, 6) is -0.618. The number of benzene rings is 1. The van der Waals surface area contributed by atoms with Crippen LogP contribution in [0.4, 0.5) is 0 Å². The summed E-state index contributed by atoms with van der Waals surface area (Å²) in [4.78, 5) is 11.0. The second-order valence-electron chi connectivity index (χ2n) is 4.94. The van der Waals surface area contributed by atoms with E-state index < -0.39 is 22.0 Å². The van der Waals surface area contributed by atoms with Gasteiger partial charge in [0.15, 0.2) is 0 Å². The Kier molecular flexibility index (Phi) is 6.17. The third-order valence-electron chi connectivity index (χ3n) is 2.68. The summed E-state index contributed by atoms with van der Waals surface area (Å²) in [6.45, 7) is 5.53. The van der Waals surface area contributed by atoms with Crippen molar-refractivity contribution in [2.45, 2.75) is 50.7 Å². The van der Waals surface area contributed by atoms with Crippen molar-refractivity contribution in [3.8, 4) is 5.75 Å². The molecular weight excluding hydrogens is 294 g/mol. The number of hydrogen-bond acceptors (Lipinski definition) is 4. The standard InChI is InChI=1S/C14H21NO5S/c1-4-5-13(14(16)17)15-21(18,19)12-8-6-11(7-9-12)20-10(2)3/h6-10,13,15H,4-5H2,1-3H3,(H,16,17). The van der Waals surface area contributed by atoms with Gasteiger partial charge in [0.1, 0.15) is 11.8 Å². The third-order valence-corrected chi connectivity index (χ3v) is 4.17. The van der Waals surface area contributed by atoms with Gasteiger partial charge < -0.3 is 9.84 Å². The van der Waals surface area contributed by atoms with Crippen molar-refractivity contribution in [3.63, 3.8) is 0 Å². The highest BCUT2D eigenvalue weighted by Crippen LogP contribution is 2.17. The van der Waals surface area contributed by atoms with Gasteiger partial charge in [-0.1, -0.05) is 13.3 Å². The lowest BCUT2D eigenvalue weighted by molar-refractivity contribution is -0.139. The van der Waals surface area contributed by atoms with E-state index >= 15 is 0 Å². The molecule has 1 aromatic rings. The normalized spacial score (nSPS) is 13.1. The number of sulfonamides is 1. The van der Waals surface area contributed by atoms with Crippen LogP contribution in [0, 0.1) is 0 Å². The molecule has 0 saturated heterocycles. The highest BCUT2D eigenvalue weighted by atomic mass is 32.2. The number of carbonyl (C=O) groups is 1. The van der Waals surface area contributed by atoms with Crippen LogP contribution in [0.5, 0.6) is 5.75 Å². The molecule has 6 nitrogen and oxygen atoms in total. The number of hydrogen-bond donors (Lipinski definition) is 2. The molecule has 0 aliphatic heterocycles. The van der Waals surface area contributed by atoms with Crippen LogP contribution in [0.3, 0.4) is 0 Å². The van der Waals surface area contributed by atoms with Gasteiger partial charge >= 0.3 is 5.97 Å². The van der Waals surface area contributed by atoms with Crippen molar-refractivity contribution in [1.82, 2.24) is 4.72 Å². The van der Waals surface area contributed by atoms with E-state index in [1.165, 1.54) is 12.1 Å². The summed E-state index contributed by atoms with van der Waals surface area (Å²) < 4.78 is 31.9. The van der Waals surface area contributed by atoms with Crippen molar-refractivity contribution in [1.29, 1.82) is 0 Å². The van der Waals surface area contributed by atoms with Gasteiger partial charge in [-0.2, -0.15) is 4.72 Å². The summed E-state index contributed by atoms with van der Waals surface area (Å²) >= 11 is 0. The molecule has 0 amide bonds. The van der Waals surface area contributed by atoms with Gasteiger partial charge in [0, 0.05) is 0 Å². The van der Waals surface area contributed by atoms with E-state index in [-0.39, 0.29) is 17.4 Å². The van der Waals surface area contributed by atoms with Crippen molar-refractivity contribution in [2.24, 2.45) is 0 Å². The predicted molar refractivity (Wildman–Crippen MR) is 78.9 cm³/mol. The fourth-order valence-corrected chi connectivity index (χ4v) is 2.97. The molecule has 1 rings (SSSR count). The zero-order valence-electron chi connectivity index (χ0n) is 12.4. The van der Waals surface area contributed by atoms with E-state index in [9.17, 15) is 13.2 Å². The van der Waals surface area contributed by atoms with Crippen LogP contribution in [-0.2, 0) is 14.8 Å². The molecular formula is C14H21NO5S. The number of carboxylic acids is 1. The van der Waals surface area contributed by atoms with Crippen LogP contribution in [0.25, 0.3) is 0 Å². The van der Waals surface area contributed by atoms with Crippen molar-refractivity contribution in [2.75, 3.05) is 0 Å². The molecule has 0 aromatic heterocycles. The van der Waals surface area contributed by atoms with E-state index in [4.69, 9.17) is 9.84 Å². The maximum atomic E-state index is 12.1. The van der Waals surface area contributed by atoms with Gasteiger partial charge in [-0.15, -0.1) is 0 Å². The van der Waals surface area contributed by atoms with E-state index in [1.807, 2.05) is 13.8 Å². The average molecular weight is 315 g/mol. The van der Waals surface area contributed by atoms with Gasteiger partial charge in [-0.05, 0) is 44.5 Å². The molecule has 0 spiro atoms. The first-order chi connectivity index (χ1) is 9.76. The topological polar surface area (TPSA) is 92.7 Å². The lowest BCUT2D eigenvalue weighted by Crippen LogP contribution is -2.40. The Morgan fingerprint density at radius 2 is 1.86 bits per heavy atom. The molecule has 21 heavy (non-hydrogen) atoms. The Morgan fingerprint density at radius 3 is 2.29 bits per heavy atom. The maximum Gasteiger partial charge on any atom is 0.321 e. The van der Waals surface area contributed by atoms with Gasteiger partial charge in [0.05, 0.1) is 11.0 Å². The van der Waals surface area contributed by atoms with E-state index in [0.29, 0.717) is 12.2 Å². The monoisotopic (exact) mass is 315 g/mol. The molecule has 0 aliphatic carbocycles. The predicted octanol–water partition coefficient (Wildman–Crippen LogP) is 2.01. The molecule has 0 heterocycles. The number of nitrogens with one attached hydrogen (secondary N) is 1. The summed E-state index contributed by atoms with van der Waals surface area (Å²) in [5.41, 5.74) is 0. The fourth-order valence-electron chi connectivity index (χ4n) is 1.75. The number of ether oxygens (including phenoxy) is 1. The Labute approximate surface area is 125 Å². The largest absolute Gasteiger partial charge is 0.491 e.